The number of aryl methyl sites for hydroxylation is 1. The minimum atomic E-state index is -0.546. The smallest absolute Gasteiger partial charge is 0.313 e. The van der Waals surface area contributed by atoms with Crippen LogP contribution in [0.1, 0.15) is 51.0 Å². The van der Waals surface area contributed by atoms with Gasteiger partial charge in [0.2, 0.25) is 0 Å². The summed E-state index contributed by atoms with van der Waals surface area (Å²) >= 11 is 0. The molecule has 0 unspecified atom stereocenters. The molecule has 4 aliphatic carbocycles. The zero-order chi connectivity index (χ0) is 16.7. The molecular weight excluding hydrogens is 300 g/mol. The van der Waals surface area contributed by atoms with Gasteiger partial charge in [-0.15, -0.1) is 0 Å². The first kappa shape index (κ1) is 15.7. The van der Waals surface area contributed by atoms with E-state index in [0.717, 1.165) is 43.4 Å². The molecule has 2 N–H and O–H groups in total. The van der Waals surface area contributed by atoms with E-state index in [0.29, 0.717) is 5.69 Å². The fourth-order valence-electron chi connectivity index (χ4n) is 5.57. The topological polar surface area (TPSA) is 58.2 Å². The molecule has 0 spiro atoms. The van der Waals surface area contributed by atoms with Gasteiger partial charge in [0, 0.05) is 11.2 Å². The Hall–Kier alpha value is -1.84. The Morgan fingerprint density at radius 3 is 2.00 bits per heavy atom. The highest BCUT2D eigenvalue weighted by atomic mass is 16.2. The first-order chi connectivity index (χ1) is 11.5. The van der Waals surface area contributed by atoms with Gasteiger partial charge < -0.3 is 10.6 Å². The maximum Gasteiger partial charge on any atom is 0.313 e. The van der Waals surface area contributed by atoms with Crippen molar-refractivity contribution in [1.29, 1.82) is 0 Å². The Balaban J connectivity index is 1.39. The van der Waals surface area contributed by atoms with Gasteiger partial charge in [-0.25, -0.2) is 0 Å². The zero-order valence-electron chi connectivity index (χ0n) is 14.3. The summed E-state index contributed by atoms with van der Waals surface area (Å²) in [7, 11) is 0. The van der Waals surface area contributed by atoms with Gasteiger partial charge in [-0.3, -0.25) is 9.59 Å². The lowest BCUT2D eigenvalue weighted by molar-refractivity contribution is -0.139. The van der Waals surface area contributed by atoms with Gasteiger partial charge in [0.15, 0.2) is 0 Å². The number of hydrogen-bond acceptors (Lipinski definition) is 2. The van der Waals surface area contributed by atoms with Crippen LogP contribution in [0.2, 0.25) is 0 Å². The van der Waals surface area contributed by atoms with E-state index in [2.05, 4.69) is 17.6 Å². The van der Waals surface area contributed by atoms with Gasteiger partial charge in [-0.1, -0.05) is 19.1 Å². The van der Waals surface area contributed by atoms with Crippen LogP contribution in [0.4, 0.5) is 5.69 Å². The molecule has 0 atom stereocenters. The van der Waals surface area contributed by atoms with Gasteiger partial charge in [-0.2, -0.15) is 0 Å². The van der Waals surface area contributed by atoms with E-state index in [1.165, 1.54) is 24.8 Å². The molecule has 4 fully saturated rings. The predicted molar refractivity (Wildman–Crippen MR) is 93.5 cm³/mol. The molecule has 1 aromatic rings. The second-order valence-corrected chi connectivity index (χ2v) is 8.16. The van der Waals surface area contributed by atoms with Crippen molar-refractivity contribution >= 4 is 17.5 Å². The summed E-state index contributed by atoms with van der Waals surface area (Å²) in [5.41, 5.74) is 1.78. The predicted octanol–water partition coefficient (Wildman–Crippen LogP) is 3.27. The number of carbonyl (C=O) groups excluding carboxylic acids is 2. The molecule has 0 aromatic heterocycles. The van der Waals surface area contributed by atoms with E-state index in [1.54, 1.807) is 0 Å². The van der Waals surface area contributed by atoms with E-state index in [4.69, 9.17) is 0 Å². The van der Waals surface area contributed by atoms with Crippen LogP contribution < -0.4 is 10.6 Å². The summed E-state index contributed by atoms with van der Waals surface area (Å²) in [4.78, 5) is 24.7. The molecular formula is C20H26N2O2. The number of anilines is 1. The summed E-state index contributed by atoms with van der Waals surface area (Å²) in [6, 6.07) is 7.67. The lowest BCUT2D eigenvalue weighted by Crippen LogP contribution is -2.61. The highest BCUT2D eigenvalue weighted by Gasteiger charge is 2.51. The monoisotopic (exact) mass is 326 g/mol. The fraction of sp³-hybridized carbons (Fsp3) is 0.600. The summed E-state index contributed by atoms with van der Waals surface area (Å²) in [5, 5.41) is 5.84. The van der Waals surface area contributed by atoms with E-state index < -0.39 is 11.8 Å². The van der Waals surface area contributed by atoms with E-state index in [-0.39, 0.29) is 5.54 Å². The van der Waals surface area contributed by atoms with Gasteiger partial charge >= 0.3 is 11.8 Å². The minimum absolute atomic E-state index is 0.116. The molecule has 0 saturated heterocycles. The highest BCUT2D eigenvalue weighted by Crippen LogP contribution is 2.55. The Kier molecular flexibility index (Phi) is 3.86. The molecule has 4 nitrogen and oxygen atoms in total. The Bertz CT molecular complexity index is 615. The molecule has 1 aromatic carbocycles. The van der Waals surface area contributed by atoms with Crippen molar-refractivity contribution in [1.82, 2.24) is 5.32 Å². The van der Waals surface area contributed by atoms with Crippen LogP contribution in [-0.2, 0) is 16.0 Å². The molecule has 4 saturated carbocycles. The largest absolute Gasteiger partial charge is 0.342 e. The van der Waals surface area contributed by atoms with Gasteiger partial charge in [0.1, 0.15) is 0 Å². The highest BCUT2D eigenvalue weighted by molar-refractivity contribution is 6.39. The summed E-state index contributed by atoms with van der Waals surface area (Å²) in [6.45, 7) is 2.09. The Morgan fingerprint density at radius 2 is 1.50 bits per heavy atom. The molecule has 5 rings (SSSR count). The van der Waals surface area contributed by atoms with Crippen LogP contribution >= 0.6 is 0 Å². The van der Waals surface area contributed by atoms with E-state index >= 15 is 0 Å². The summed E-state index contributed by atoms with van der Waals surface area (Å²) in [5.74, 6) is 1.23. The number of rotatable bonds is 3. The third kappa shape index (κ3) is 2.94. The van der Waals surface area contributed by atoms with Crippen LogP contribution in [0.3, 0.4) is 0 Å². The molecule has 0 heterocycles. The number of amides is 2. The third-order valence-electron chi connectivity index (χ3n) is 6.24. The SMILES string of the molecule is CCc1ccc(NC(=O)C(=O)NC23CC4CC(CC(C4)C2)C3)cc1. The molecule has 24 heavy (non-hydrogen) atoms. The van der Waals surface area contributed by atoms with Gasteiger partial charge in [0.25, 0.3) is 0 Å². The van der Waals surface area contributed by atoms with Crippen molar-refractivity contribution in [2.45, 2.75) is 57.4 Å². The van der Waals surface area contributed by atoms with Crippen molar-refractivity contribution in [3.8, 4) is 0 Å². The third-order valence-corrected chi connectivity index (χ3v) is 6.24. The number of hydrogen-bond donors (Lipinski definition) is 2. The van der Waals surface area contributed by atoms with Gasteiger partial charge in [-0.05, 0) is 80.4 Å². The zero-order valence-corrected chi connectivity index (χ0v) is 14.3. The quantitative estimate of drug-likeness (QED) is 0.838. The standard InChI is InChI=1S/C20H26N2O2/c1-2-13-3-5-17(6-4-13)21-18(23)19(24)22-20-10-14-7-15(11-20)9-16(8-14)12-20/h3-6,14-16H,2,7-12H2,1H3,(H,21,23)(H,22,24). The number of nitrogens with one attached hydrogen (secondary N) is 2. The molecule has 0 aliphatic heterocycles. The lowest BCUT2D eigenvalue weighted by atomic mass is 9.53. The van der Waals surface area contributed by atoms with Crippen LogP contribution in [0.15, 0.2) is 24.3 Å². The Labute approximate surface area is 143 Å². The van der Waals surface area contributed by atoms with Crippen LogP contribution in [0.5, 0.6) is 0 Å². The first-order valence-electron chi connectivity index (χ1n) is 9.28. The molecule has 0 radical (unpaired) electrons. The van der Waals surface area contributed by atoms with Crippen molar-refractivity contribution in [3.05, 3.63) is 29.8 Å². The molecule has 4 aliphatic rings. The average molecular weight is 326 g/mol. The van der Waals surface area contributed by atoms with Crippen LogP contribution in [0, 0.1) is 17.8 Å². The molecule has 4 heteroatoms. The van der Waals surface area contributed by atoms with E-state index in [9.17, 15) is 9.59 Å². The number of benzene rings is 1. The van der Waals surface area contributed by atoms with E-state index in [1.807, 2.05) is 24.3 Å². The molecule has 4 bridgehead atoms. The fourth-order valence-corrected chi connectivity index (χ4v) is 5.57. The maximum absolute atomic E-state index is 12.4. The second-order valence-electron chi connectivity index (χ2n) is 8.16. The number of carbonyl (C=O) groups is 2. The van der Waals surface area contributed by atoms with Crippen LogP contribution in [-0.4, -0.2) is 17.4 Å². The lowest BCUT2D eigenvalue weighted by Gasteiger charge is -2.56. The molecule has 2 amide bonds. The van der Waals surface area contributed by atoms with Crippen molar-refractivity contribution < 1.29 is 9.59 Å². The maximum atomic E-state index is 12.4. The van der Waals surface area contributed by atoms with Crippen molar-refractivity contribution in [2.24, 2.45) is 17.8 Å². The van der Waals surface area contributed by atoms with Crippen LogP contribution in [0.25, 0.3) is 0 Å². The minimum Gasteiger partial charge on any atom is -0.342 e. The van der Waals surface area contributed by atoms with Crippen molar-refractivity contribution in [3.63, 3.8) is 0 Å². The van der Waals surface area contributed by atoms with Crippen molar-refractivity contribution in [2.75, 3.05) is 5.32 Å². The normalized spacial score (nSPS) is 33.3. The summed E-state index contributed by atoms with van der Waals surface area (Å²) in [6.07, 6.45) is 8.11. The summed E-state index contributed by atoms with van der Waals surface area (Å²) < 4.78 is 0. The average Bonchev–Trinajstić information content (AvgIpc) is 2.53. The second kappa shape index (κ2) is 5.91. The Morgan fingerprint density at radius 1 is 0.958 bits per heavy atom. The first-order valence-corrected chi connectivity index (χ1v) is 9.28. The molecule has 128 valence electrons. The van der Waals surface area contributed by atoms with Gasteiger partial charge in [0.05, 0.1) is 0 Å².